The molecule has 0 spiro atoms. The Kier molecular flexibility index (Phi) is 10.5. The van der Waals surface area contributed by atoms with Gasteiger partial charge in [0.1, 0.15) is 23.4 Å². The highest BCUT2D eigenvalue weighted by Crippen LogP contribution is 2.43. The molecule has 0 aliphatic carbocycles. The maximum absolute atomic E-state index is 12.6. The molecule has 0 saturated carbocycles. The van der Waals surface area contributed by atoms with Crippen molar-refractivity contribution in [2.45, 2.75) is 116 Å². The number of aliphatic hydroxyl groups excluding tert-OH is 2. The molecule has 1 saturated heterocycles. The Morgan fingerprint density at radius 3 is 2.56 bits per heavy atom. The van der Waals surface area contributed by atoms with Crippen molar-refractivity contribution in [2.75, 3.05) is 0 Å². The summed E-state index contributed by atoms with van der Waals surface area (Å²) < 4.78 is 16.8. The fourth-order valence-corrected chi connectivity index (χ4v) is 4.76. The van der Waals surface area contributed by atoms with Crippen molar-refractivity contribution in [3.63, 3.8) is 0 Å². The van der Waals surface area contributed by atoms with E-state index in [2.05, 4.69) is 0 Å². The number of allylic oxidation sites excluding steroid dienone is 2. The average Bonchev–Trinajstić information content (AvgIpc) is 3.48. The monoisotopic (exact) mass is 508 g/mol. The van der Waals surface area contributed by atoms with Gasteiger partial charge >= 0.3 is 11.9 Å². The molecule has 0 radical (unpaired) electrons. The highest BCUT2D eigenvalue weighted by Gasteiger charge is 2.57. The third kappa shape index (κ3) is 8.00. The molecule has 8 heteroatoms. The molecule has 9 unspecified atom stereocenters. The molecule has 0 aromatic carbocycles. The molecule has 2 rings (SSSR count). The third-order valence-corrected chi connectivity index (χ3v) is 7.27. The van der Waals surface area contributed by atoms with Crippen LogP contribution in [0.15, 0.2) is 36.0 Å². The number of rotatable bonds is 7. The summed E-state index contributed by atoms with van der Waals surface area (Å²) in [5.41, 5.74) is -1.17. The van der Waals surface area contributed by atoms with Crippen LogP contribution in [0.2, 0.25) is 0 Å². The van der Waals surface area contributed by atoms with E-state index in [9.17, 15) is 24.9 Å². The predicted molar refractivity (Wildman–Crippen MR) is 136 cm³/mol. The number of hydrogen-bond acceptors (Lipinski definition) is 8. The maximum atomic E-state index is 12.6. The SMILES string of the molecule is CCC1OC1(C)C(O)C(C)/C=C/C=C(\C)C1OC(=O)CC(O)CCC(C)(O)C(OC(C)=O)/C=C/C1C. The Bertz CT molecular complexity index is 860. The molecular weight excluding hydrogens is 464 g/mol. The normalized spacial score (nSPS) is 38.9. The summed E-state index contributed by atoms with van der Waals surface area (Å²) in [4.78, 5) is 24.2. The van der Waals surface area contributed by atoms with Gasteiger partial charge in [-0.25, -0.2) is 0 Å². The first-order valence-corrected chi connectivity index (χ1v) is 12.9. The van der Waals surface area contributed by atoms with E-state index < -0.39 is 47.6 Å². The largest absolute Gasteiger partial charge is 0.457 e. The molecule has 0 aromatic rings. The Labute approximate surface area is 215 Å². The highest BCUT2D eigenvalue weighted by molar-refractivity contribution is 5.70. The van der Waals surface area contributed by atoms with E-state index in [1.807, 2.05) is 52.8 Å². The molecule has 0 aromatic heterocycles. The predicted octanol–water partition coefficient (Wildman–Crippen LogP) is 3.39. The first-order chi connectivity index (χ1) is 16.7. The maximum Gasteiger partial charge on any atom is 0.309 e. The summed E-state index contributed by atoms with van der Waals surface area (Å²) >= 11 is 0. The van der Waals surface area contributed by atoms with Crippen molar-refractivity contribution in [1.82, 2.24) is 0 Å². The van der Waals surface area contributed by atoms with Crippen LogP contribution < -0.4 is 0 Å². The van der Waals surface area contributed by atoms with Crippen LogP contribution in [0.4, 0.5) is 0 Å². The molecule has 204 valence electrons. The van der Waals surface area contributed by atoms with Crippen LogP contribution in [-0.4, -0.2) is 69.0 Å². The zero-order valence-electron chi connectivity index (χ0n) is 22.6. The Morgan fingerprint density at radius 1 is 1.31 bits per heavy atom. The molecule has 2 aliphatic heterocycles. The molecule has 1 fully saturated rings. The smallest absolute Gasteiger partial charge is 0.309 e. The van der Waals surface area contributed by atoms with E-state index in [1.54, 1.807) is 19.1 Å². The molecule has 2 heterocycles. The van der Waals surface area contributed by atoms with E-state index in [-0.39, 0.29) is 37.2 Å². The zero-order chi connectivity index (χ0) is 27.3. The van der Waals surface area contributed by atoms with Gasteiger partial charge in [-0.15, -0.1) is 0 Å². The lowest BCUT2D eigenvalue weighted by Crippen LogP contribution is -2.42. The first-order valence-electron chi connectivity index (χ1n) is 12.9. The second-order valence-electron chi connectivity index (χ2n) is 10.7. The number of esters is 2. The van der Waals surface area contributed by atoms with Gasteiger partial charge in [0.15, 0.2) is 0 Å². The molecule has 2 aliphatic rings. The lowest BCUT2D eigenvalue weighted by molar-refractivity contribution is -0.157. The van der Waals surface area contributed by atoms with Crippen LogP contribution in [0.1, 0.15) is 74.1 Å². The summed E-state index contributed by atoms with van der Waals surface area (Å²) in [6, 6.07) is 0. The molecule has 0 amide bonds. The van der Waals surface area contributed by atoms with Gasteiger partial charge in [-0.1, -0.05) is 45.1 Å². The fourth-order valence-electron chi connectivity index (χ4n) is 4.76. The molecular formula is C28H44O8. The third-order valence-electron chi connectivity index (χ3n) is 7.27. The minimum absolute atomic E-state index is 0.0656. The molecule has 0 bridgehead atoms. The van der Waals surface area contributed by atoms with Crippen LogP contribution in [0.3, 0.4) is 0 Å². The van der Waals surface area contributed by atoms with Crippen molar-refractivity contribution in [1.29, 1.82) is 0 Å². The van der Waals surface area contributed by atoms with Gasteiger partial charge in [0.05, 0.1) is 24.7 Å². The van der Waals surface area contributed by atoms with Gasteiger partial charge in [0.2, 0.25) is 0 Å². The summed E-state index contributed by atoms with van der Waals surface area (Å²) in [5, 5.41) is 31.9. The first kappa shape index (κ1) is 30.2. The van der Waals surface area contributed by atoms with Crippen molar-refractivity contribution >= 4 is 11.9 Å². The van der Waals surface area contributed by atoms with Gasteiger partial charge in [0.25, 0.3) is 0 Å². The van der Waals surface area contributed by atoms with Crippen LogP contribution in [0.25, 0.3) is 0 Å². The van der Waals surface area contributed by atoms with E-state index in [1.165, 1.54) is 6.92 Å². The van der Waals surface area contributed by atoms with Crippen LogP contribution in [0, 0.1) is 11.8 Å². The van der Waals surface area contributed by atoms with Gasteiger partial charge in [-0.05, 0) is 51.7 Å². The molecule has 36 heavy (non-hydrogen) atoms. The lowest BCUT2D eigenvalue weighted by atomic mass is 9.88. The van der Waals surface area contributed by atoms with E-state index in [0.717, 1.165) is 12.0 Å². The summed E-state index contributed by atoms with van der Waals surface area (Å²) in [7, 11) is 0. The van der Waals surface area contributed by atoms with Crippen molar-refractivity contribution < 1.29 is 39.1 Å². The van der Waals surface area contributed by atoms with Crippen molar-refractivity contribution in [3.8, 4) is 0 Å². The summed E-state index contributed by atoms with van der Waals surface area (Å²) in [6.45, 7) is 12.4. The minimum Gasteiger partial charge on any atom is -0.457 e. The molecule has 3 N–H and O–H groups in total. The van der Waals surface area contributed by atoms with Crippen molar-refractivity contribution in [2.24, 2.45) is 11.8 Å². The average molecular weight is 509 g/mol. The zero-order valence-corrected chi connectivity index (χ0v) is 22.6. The highest BCUT2D eigenvalue weighted by atomic mass is 16.6. The number of cyclic esters (lactones) is 1. The number of carbonyl (C=O) groups is 2. The van der Waals surface area contributed by atoms with E-state index >= 15 is 0 Å². The van der Waals surface area contributed by atoms with E-state index in [4.69, 9.17) is 14.2 Å². The van der Waals surface area contributed by atoms with Crippen LogP contribution in [0.5, 0.6) is 0 Å². The quantitative estimate of drug-likeness (QED) is 0.207. The number of hydrogen-bond donors (Lipinski definition) is 3. The van der Waals surface area contributed by atoms with Gasteiger partial charge in [0, 0.05) is 18.8 Å². The van der Waals surface area contributed by atoms with E-state index in [0.29, 0.717) is 0 Å². The van der Waals surface area contributed by atoms with Gasteiger partial charge < -0.3 is 29.5 Å². The standard InChI is InChI=1S/C28H44O8/c1-8-22-28(7,36-22)26(32)19(4)11-9-10-17(2)25-18(3)12-13-23(34-20(5)29)27(6,33)15-14-21(30)16-24(31)35-25/h9-13,18-19,21-23,25-26,30,32-33H,8,14-16H2,1-7H3/b11-9+,13-12+,17-10+. The topological polar surface area (TPSA) is 126 Å². The second-order valence-corrected chi connectivity index (χ2v) is 10.7. The fraction of sp³-hybridized carbons (Fsp3) is 0.714. The Balaban J connectivity index is 2.24. The molecule has 8 nitrogen and oxygen atoms in total. The number of aliphatic hydroxyl groups is 3. The van der Waals surface area contributed by atoms with Crippen LogP contribution >= 0.6 is 0 Å². The van der Waals surface area contributed by atoms with Gasteiger partial charge in [-0.3, -0.25) is 9.59 Å². The Hall–Kier alpha value is -2.00. The van der Waals surface area contributed by atoms with Gasteiger partial charge in [-0.2, -0.15) is 0 Å². The summed E-state index contributed by atoms with van der Waals surface area (Å²) in [6.07, 6.45) is 6.75. The minimum atomic E-state index is -1.41. The molecule has 9 atom stereocenters. The number of carbonyl (C=O) groups excluding carboxylic acids is 2. The van der Waals surface area contributed by atoms with Crippen molar-refractivity contribution in [3.05, 3.63) is 36.0 Å². The number of ether oxygens (including phenoxy) is 3. The summed E-state index contributed by atoms with van der Waals surface area (Å²) in [5.74, 6) is -1.51. The lowest BCUT2D eigenvalue weighted by Gasteiger charge is -2.32. The number of epoxide rings is 1. The second kappa shape index (κ2) is 12.5. The van der Waals surface area contributed by atoms with Crippen LogP contribution in [-0.2, 0) is 23.8 Å². The Morgan fingerprint density at radius 2 is 1.97 bits per heavy atom.